The molecule has 2 rings (SSSR count). The van der Waals surface area contributed by atoms with Crippen LogP contribution in [0.4, 0.5) is 18.9 Å². The molecule has 0 aliphatic rings. The molecule has 0 aliphatic carbocycles. The number of halogens is 4. The van der Waals surface area contributed by atoms with E-state index in [4.69, 9.17) is 16.4 Å². The molecule has 2 N–H and O–H groups in total. The van der Waals surface area contributed by atoms with Crippen molar-refractivity contribution in [2.75, 3.05) is 11.9 Å². The summed E-state index contributed by atoms with van der Waals surface area (Å²) in [5.41, 5.74) is 1.57. The Morgan fingerprint density at radius 2 is 1.60 bits per heavy atom. The number of carbonyl (C=O) groups excluding carboxylic acids is 2. The van der Waals surface area contributed by atoms with Crippen LogP contribution in [0.1, 0.15) is 15.9 Å². The molecule has 5 nitrogen and oxygen atoms in total. The van der Waals surface area contributed by atoms with Crippen molar-refractivity contribution in [3.63, 3.8) is 0 Å². The van der Waals surface area contributed by atoms with E-state index in [0.717, 1.165) is 24.3 Å². The molecule has 0 unspecified atom stereocenters. The average Bonchev–Trinajstić information content (AvgIpc) is 2.56. The van der Waals surface area contributed by atoms with Gasteiger partial charge in [0.2, 0.25) is 0 Å². The summed E-state index contributed by atoms with van der Waals surface area (Å²) in [6, 6.07) is 9.92. The maximum Gasteiger partial charge on any atom is 0.416 e. The summed E-state index contributed by atoms with van der Waals surface area (Å²) in [4.78, 5) is 28.1. The van der Waals surface area contributed by atoms with Crippen molar-refractivity contribution in [3.8, 4) is 0 Å². The lowest BCUT2D eigenvalue weighted by atomic mass is 10.1. The fraction of sp³-hybridized carbons (Fsp3) is 0.125. The molecule has 0 radical (unpaired) electrons. The van der Waals surface area contributed by atoms with Crippen LogP contribution < -0.4 is 10.8 Å². The minimum Gasteiger partial charge on any atom is -0.324 e. The molecule has 0 spiro atoms. The largest absolute Gasteiger partial charge is 0.416 e. The van der Waals surface area contributed by atoms with Gasteiger partial charge < -0.3 is 5.32 Å². The second-order valence-corrected chi connectivity index (χ2v) is 5.29. The number of amides is 2. The van der Waals surface area contributed by atoms with Crippen LogP contribution in [0.5, 0.6) is 0 Å². The Bertz CT molecular complexity index is 747. The smallest absolute Gasteiger partial charge is 0.324 e. The van der Waals surface area contributed by atoms with E-state index in [0.29, 0.717) is 10.7 Å². The lowest BCUT2D eigenvalue weighted by molar-refractivity contribution is -0.137. The molecule has 0 heterocycles. The van der Waals surface area contributed by atoms with Crippen molar-refractivity contribution in [1.82, 2.24) is 5.48 Å². The molecule has 0 bridgehead atoms. The van der Waals surface area contributed by atoms with E-state index in [-0.39, 0.29) is 5.56 Å². The number of anilines is 1. The third-order valence-electron chi connectivity index (χ3n) is 2.97. The number of rotatable bonds is 5. The zero-order chi connectivity index (χ0) is 18.4. The number of nitrogens with one attached hydrogen (secondary N) is 2. The first-order valence-electron chi connectivity index (χ1n) is 6.90. The minimum atomic E-state index is -4.48. The van der Waals surface area contributed by atoms with Gasteiger partial charge in [-0.25, -0.2) is 5.48 Å². The van der Waals surface area contributed by atoms with Gasteiger partial charge in [-0.05, 0) is 48.5 Å². The molecule has 0 aromatic heterocycles. The third-order valence-corrected chi connectivity index (χ3v) is 3.22. The second kappa shape index (κ2) is 8.00. The van der Waals surface area contributed by atoms with Crippen LogP contribution in [-0.4, -0.2) is 18.4 Å². The standard InChI is InChI=1S/C16H12ClF3N2O3/c17-12-5-7-13(8-6-12)21-14(23)9-25-22-15(24)10-1-3-11(4-2-10)16(18,19)20/h1-8H,9H2,(H,21,23)(H,22,24). The van der Waals surface area contributed by atoms with Crippen LogP contribution in [0, 0.1) is 0 Å². The summed E-state index contributed by atoms with van der Waals surface area (Å²) in [5.74, 6) is -1.30. The second-order valence-electron chi connectivity index (χ2n) is 4.85. The molecular weight excluding hydrogens is 361 g/mol. The van der Waals surface area contributed by atoms with Gasteiger partial charge in [0.05, 0.1) is 5.56 Å². The van der Waals surface area contributed by atoms with Crippen molar-refractivity contribution in [2.24, 2.45) is 0 Å². The summed E-state index contributed by atoms with van der Waals surface area (Å²) in [6.07, 6.45) is -4.48. The van der Waals surface area contributed by atoms with E-state index in [1.54, 1.807) is 24.3 Å². The highest BCUT2D eigenvalue weighted by atomic mass is 35.5. The van der Waals surface area contributed by atoms with Gasteiger partial charge in [0, 0.05) is 16.3 Å². The zero-order valence-electron chi connectivity index (χ0n) is 12.6. The Hall–Kier alpha value is -2.58. The van der Waals surface area contributed by atoms with Crippen LogP contribution in [0.3, 0.4) is 0 Å². The fourth-order valence-electron chi connectivity index (χ4n) is 1.77. The summed E-state index contributed by atoms with van der Waals surface area (Å²) in [5, 5.41) is 3.02. The zero-order valence-corrected chi connectivity index (χ0v) is 13.3. The predicted octanol–water partition coefficient (Wildman–Crippen LogP) is 3.66. The quantitative estimate of drug-likeness (QED) is 0.787. The topological polar surface area (TPSA) is 67.4 Å². The highest BCUT2D eigenvalue weighted by Gasteiger charge is 2.30. The maximum absolute atomic E-state index is 12.4. The van der Waals surface area contributed by atoms with Gasteiger partial charge in [0.15, 0.2) is 6.61 Å². The van der Waals surface area contributed by atoms with Gasteiger partial charge in [-0.3, -0.25) is 14.4 Å². The average molecular weight is 373 g/mol. The molecule has 2 aromatic rings. The van der Waals surface area contributed by atoms with Gasteiger partial charge in [-0.15, -0.1) is 0 Å². The first-order valence-corrected chi connectivity index (χ1v) is 7.28. The Labute approximate surface area is 145 Å². The van der Waals surface area contributed by atoms with Crippen LogP contribution in [0.2, 0.25) is 5.02 Å². The van der Waals surface area contributed by atoms with Crippen molar-refractivity contribution in [2.45, 2.75) is 6.18 Å². The molecule has 2 amide bonds. The predicted molar refractivity (Wildman–Crippen MR) is 84.9 cm³/mol. The van der Waals surface area contributed by atoms with Crippen LogP contribution in [-0.2, 0) is 15.8 Å². The van der Waals surface area contributed by atoms with Gasteiger partial charge in [0.1, 0.15) is 0 Å². The molecular formula is C16H12ClF3N2O3. The lowest BCUT2D eigenvalue weighted by Crippen LogP contribution is -2.29. The molecule has 0 saturated heterocycles. The first-order chi connectivity index (χ1) is 11.8. The maximum atomic E-state index is 12.4. The van der Waals surface area contributed by atoms with E-state index in [1.165, 1.54) is 0 Å². The van der Waals surface area contributed by atoms with Crippen molar-refractivity contribution in [3.05, 3.63) is 64.7 Å². The Morgan fingerprint density at radius 3 is 2.16 bits per heavy atom. The van der Waals surface area contributed by atoms with E-state index in [1.807, 2.05) is 5.48 Å². The summed E-state index contributed by atoms with van der Waals surface area (Å²) in [6.45, 7) is -0.477. The SMILES string of the molecule is O=C(CONC(=O)c1ccc(C(F)(F)F)cc1)Nc1ccc(Cl)cc1. The van der Waals surface area contributed by atoms with Crippen molar-refractivity contribution in [1.29, 1.82) is 0 Å². The van der Waals surface area contributed by atoms with Gasteiger partial charge in [0.25, 0.3) is 11.8 Å². The minimum absolute atomic E-state index is 0.0360. The Kier molecular flexibility index (Phi) is 6.00. The molecule has 132 valence electrons. The first kappa shape index (κ1) is 18.8. The van der Waals surface area contributed by atoms with Crippen LogP contribution in [0.15, 0.2) is 48.5 Å². The van der Waals surface area contributed by atoms with E-state index in [9.17, 15) is 22.8 Å². The molecule has 25 heavy (non-hydrogen) atoms. The van der Waals surface area contributed by atoms with Gasteiger partial charge in [-0.2, -0.15) is 13.2 Å². The lowest BCUT2D eigenvalue weighted by Gasteiger charge is -2.09. The van der Waals surface area contributed by atoms with Crippen molar-refractivity contribution < 1.29 is 27.6 Å². The molecule has 9 heteroatoms. The molecule has 0 atom stereocenters. The van der Waals surface area contributed by atoms with Crippen LogP contribution in [0.25, 0.3) is 0 Å². The third kappa shape index (κ3) is 5.77. The number of carbonyl (C=O) groups is 2. The van der Waals surface area contributed by atoms with Crippen LogP contribution >= 0.6 is 11.6 Å². The number of hydroxylamine groups is 1. The Morgan fingerprint density at radius 1 is 1.00 bits per heavy atom. The molecule has 0 aliphatic heterocycles. The number of hydrogen-bond acceptors (Lipinski definition) is 3. The normalized spacial score (nSPS) is 11.0. The van der Waals surface area contributed by atoms with Crippen molar-refractivity contribution >= 4 is 29.1 Å². The number of alkyl halides is 3. The van der Waals surface area contributed by atoms with Gasteiger partial charge >= 0.3 is 6.18 Å². The summed E-state index contributed by atoms with van der Waals surface area (Å²) in [7, 11) is 0. The Balaban J connectivity index is 1.79. The van der Waals surface area contributed by atoms with E-state index < -0.39 is 30.2 Å². The van der Waals surface area contributed by atoms with E-state index in [2.05, 4.69) is 5.32 Å². The highest BCUT2D eigenvalue weighted by molar-refractivity contribution is 6.30. The summed E-state index contributed by atoms with van der Waals surface area (Å²) < 4.78 is 37.3. The fourth-order valence-corrected chi connectivity index (χ4v) is 1.89. The van der Waals surface area contributed by atoms with E-state index >= 15 is 0 Å². The summed E-state index contributed by atoms with van der Waals surface area (Å²) >= 11 is 5.71. The van der Waals surface area contributed by atoms with Gasteiger partial charge in [-0.1, -0.05) is 11.6 Å². The highest BCUT2D eigenvalue weighted by Crippen LogP contribution is 2.29. The number of benzene rings is 2. The molecule has 0 saturated carbocycles. The number of hydrogen-bond donors (Lipinski definition) is 2. The monoisotopic (exact) mass is 372 g/mol. The molecule has 2 aromatic carbocycles. The molecule has 0 fully saturated rings.